The lowest BCUT2D eigenvalue weighted by atomic mass is 10.0. The summed E-state index contributed by atoms with van der Waals surface area (Å²) in [4.78, 5) is 0. The highest BCUT2D eigenvalue weighted by Crippen LogP contribution is 2.36. The van der Waals surface area contributed by atoms with Gasteiger partial charge in [0.1, 0.15) is 0 Å². The molecule has 130 valence electrons. The minimum Gasteiger partial charge on any atom is -0.344 e. The third kappa shape index (κ3) is 5.18. The Morgan fingerprint density at radius 3 is 1.48 bits per heavy atom. The number of alkyl halides is 9. The maximum absolute atomic E-state index is 12.8. The summed E-state index contributed by atoms with van der Waals surface area (Å²) in [6.07, 6.45) is -21.2. The van der Waals surface area contributed by atoms with Crippen molar-refractivity contribution in [3.8, 4) is 0 Å². The van der Waals surface area contributed by atoms with Crippen LogP contribution in [0.2, 0.25) is 0 Å². The zero-order valence-electron chi connectivity index (χ0n) is 9.74. The largest absolute Gasteiger partial charge is 0.344 e. The first kappa shape index (κ1) is 22.5. The van der Waals surface area contributed by atoms with Crippen molar-refractivity contribution in [3.05, 3.63) is 0 Å². The van der Waals surface area contributed by atoms with E-state index in [0.29, 0.717) is 0 Å². The quantitative estimate of drug-likeness (QED) is 0.540. The minimum absolute atomic E-state index is 0. The zero-order valence-corrected chi connectivity index (χ0v) is 10.6. The fourth-order valence-electron chi connectivity index (χ4n) is 1.01. The maximum Gasteiger partial charge on any atom is 0.328 e. The first-order chi connectivity index (χ1) is 8.74. The Labute approximate surface area is 112 Å². The highest BCUT2D eigenvalue weighted by atomic mass is 32.2. The summed E-state index contributed by atoms with van der Waals surface area (Å²) in [5.41, 5.74) is -4.68. The first-order valence-corrected chi connectivity index (χ1v) is 6.07. The molecule has 0 aromatic rings. The van der Waals surface area contributed by atoms with Crippen molar-refractivity contribution in [2.75, 3.05) is 0 Å². The maximum atomic E-state index is 12.8. The molecule has 0 rings (SSSR count). The van der Waals surface area contributed by atoms with Crippen LogP contribution in [0.3, 0.4) is 0 Å². The smallest absolute Gasteiger partial charge is 0.328 e. The van der Waals surface area contributed by atoms with Crippen molar-refractivity contribution in [1.82, 2.24) is 6.15 Å². The summed E-state index contributed by atoms with van der Waals surface area (Å²) in [5.74, 6) is -5.82. The number of rotatable bonds is 7. The Bertz CT molecular complexity index is 420. The van der Waals surface area contributed by atoms with Crippen LogP contribution in [0.15, 0.2) is 0 Å². The van der Waals surface area contributed by atoms with E-state index in [1.165, 1.54) is 0 Å². The Hall–Kier alpha value is -0.760. The van der Waals surface area contributed by atoms with Gasteiger partial charge in [0.2, 0.25) is 6.17 Å². The van der Waals surface area contributed by atoms with Gasteiger partial charge >= 0.3 is 16.0 Å². The minimum atomic E-state index is -6.19. The van der Waals surface area contributed by atoms with Crippen molar-refractivity contribution in [3.63, 3.8) is 0 Å². The summed E-state index contributed by atoms with van der Waals surface area (Å²) < 4.78 is 140. The molecule has 21 heavy (non-hydrogen) atoms. The predicted octanol–water partition coefficient (Wildman–Crippen LogP) is 2.58. The topological polar surface area (TPSA) is 89.4 Å². The summed E-state index contributed by atoms with van der Waals surface area (Å²) >= 11 is 0. The van der Waals surface area contributed by atoms with E-state index in [4.69, 9.17) is 4.55 Å². The average Bonchev–Trinajstić information content (AvgIpc) is 2.32. The molecule has 14 heteroatoms. The number of halogens is 9. The van der Waals surface area contributed by atoms with Gasteiger partial charge in [-0.1, -0.05) is 0 Å². The Kier molecular flexibility index (Phi) is 8.03. The van der Waals surface area contributed by atoms with E-state index in [0.717, 1.165) is 0 Å². The molecule has 0 bridgehead atoms. The van der Waals surface area contributed by atoms with Gasteiger partial charge in [0.05, 0.1) is 0 Å². The van der Waals surface area contributed by atoms with Gasteiger partial charge in [0.25, 0.3) is 11.9 Å². The van der Waals surface area contributed by atoms with Crippen LogP contribution in [-0.2, 0) is 10.1 Å². The molecule has 0 aromatic carbocycles. The van der Waals surface area contributed by atoms with E-state index in [1.807, 2.05) is 0 Å². The molecule has 0 aliphatic carbocycles. The van der Waals surface area contributed by atoms with Crippen molar-refractivity contribution in [1.29, 1.82) is 0 Å². The van der Waals surface area contributed by atoms with E-state index in [1.54, 1.807) is 0 Å². The molecule has 0 heterocycles. The van der Waals surface area contributed by atoms with Crippen molar-refractivity contribution in [2.45, 2.75) is 42.5 Å². The highest BCUT2D eigenvalue weighted by Gasteiger charge is 2.60. The SMILES string of the molecule is N.O=S(=O)(O)C(F)C(F)(F)C(F)C(F)C(F)C(F)C(F)F. The second-order valence-electron chi connectivity index (χ2n) is 3.58. The molecule has 0 aliphatic rings. The molecule has 4 nitrogen and oxygen atoms in total. The lowest BCUT2D eigenvalue weighted by Gasteiger charge is -2.27. The first-order valence-electron chi connectivity index (χ1n) is 4.57. The molecule has 0 radical (unpaired) electrons. The van der Waals surface area contributed by atoms with E-state index in [-0.39, 0.29) is 6.15 Å². The van der Waals surface area contributed by atoms with Crippen LogP contribution in [0.5, 0.6) is 0 Å². The standard InChI is InChI=1S/C7H7F9O3S.H3N/c8-1(3(10)5(12)13)2(9)4(11)7(15,16)6(14)20(17,18)19;/h1-6H,(H,17,18,19);1H3. The van der Waals surface area contributed by atoms with Gasteiger partial charge in [-0.3, -0.25) is 4.55 Å². The fourth-order valence-corrected chi connectivity index (χ4v) is 1.54. The fraction of sp³-hybridized carbons (Fsp3) is 1.00. The van der Waals surface area contributed by atoms with Crippen LogP contribution >= 0.6 is 0 Å². The van der Waals surface area contributed by atoms with Gasteiger partial charge in [0.15, 0.2) is 18.5 Å². The molecule has 0 aromatic heterocycles. The van der Waals surface area contributed by atoms with Crippen molar-refractivity contribution >= 4 is 10.1 Å². The van der Waals surface area contributed by atoms with Crippen LogP contribution in [0.4, 0.5) is 39.5 Å². The number of hydrogen-bond acceptors (Lipinski definition) is 3. The summed E-state index contributed by atoms with van der Waals surface area (Å²) in [7, 11) is -6.19. The second kappa shape index (κ2) is 7.49. The molecule has 0 amide bonds. The zero-order chi connectivity index (χ0) is 16.5. The molecule has 4 N–H and O–H groups in total. The van der Waals surface area contributed by atoms with E-state index < -0.39 is 52.7 Å². The van der Waals surface area contributed by atoms with Crippen molar-refractivity contribution in [2.24, 2.45) is 0 Å². The summed E-state index contributed by atoms with van der Waals surface area (Å²) in [6, 6.07) is 0. The molecule has 0 fully saturated rings. The molecule has 0 saturated heterocycles. The Balaban J connectivity index is 0. The molecule has 0 aliphatic heterocycles. The molecule has 0 spiro atoms. The van der Waals surface area contributed by atoms with Crippen LogP contribution in [0.25, 0.3) is 0 Å². The van der Waals surface area contributed by atoms with Gasteiger partial charge in [-0.2, -0.15) is 17.2 Å². The van der Waals surface area contributed by atoms with E-state index >= 15 is 0 Å². The third-order valence-corrected chi connectivity index (χ3v) is 2.90. The van der Waals surface area contributed by atoms with Gasteiger partial charge in [0, 0.05) is 0 Å². The Morgan fingerprint density at radius 1 is 0.810 bits per heavy atom. The van der Waals surface area contributed by atoms with Crippen LogP contribution in [0.1, 0.15) is 0 Å². The van der Waals surface area contributed by atoms with Crippen LogP contribution in [-0.4, -0.2) is 55.5 Å². The van der Waals surface area contributed by atoms with E-state index in [2.05, 4.69) is 0 Å². The van der Waals surface area contributed by atoms with Crippen LogP contribution in [0, 0.1) is 0 Å². The molecular weight excluding hydrogens is 349 g/mol. The Morgan fingerprint density at radius 2 is 1.19 bits per heavy atom. The summed E-state index contributed by atoms with van der Waals surface area (Å²) in [6.45, 7) is 0. The summed E-state index contributed by atoms with van der Waals surface area (Å²) in [5, 5.41) is 0. The van der Waals surface area contributed by atoms with Crippen molar-refractivity contribution < 1.29 is 52.5 Å². The lowest BCUT2D eigenvalue weighted by Crippen LogP contribution is -2.52. The predicted molar refractivity (Wildman–Crippen MR) is 52.0 cm³/mol. The van der Waals surface area contributed by atoms with Gasteiger partial charge in [-0.15, -0.1) is 0 Å². The molecular formula is C7H10F9NO3S. The monoisotopic (exact) mass is 359 g/mol. The van der Waals surface area contributed by atoms with Gasteiger partial charge in [-0.25, -0.2) is 30.7 Å². The normalized spacial score (nSPS) is 20.3. The van der Waals surface area contributed by atoms with Gasteiger partial charge in [-0.05, 0) is 0 Å². The molecule has 5 atom stereocenters. The highest BCUT2D eigenvalue weighted by molar-refractivity contribution is 7.86. The number of hydrogen-bond donors (Lipinski definition) is 2. The lowest BCUT2D eigenvalue weighted by molar-refractivity contribution is -0.145. The third-order valence-electron chi connectivity index (χ3n) is 2.06. The molecule has 5 unspecified atom stereocenters. The van der Waals surface area contributed by atoms with E-state index in [9.17, 15) is 47.9 Å². The average molecular weight is 359 g/mol. The molecule has 0 saturated carbocycles. The van der Waals surface area contributed by atoms with Gasteiger partial charge < -0.3 is 6.15 Å². The van der Waals surface area contributed by atoms with Crippen LogP contribution < -0.4 is 6.15 Å². The second-order valence-corrected chi connectivity index (χ2v) is 5.02.